The summed E-state index contributed by atoms with van der Waals surface area (Å²) in [5, 5.41) is 10.2. The summed E-state index contributed by atoms with van der Waals surface area (Å²) in [5.41, 5.74) is 1.21. The average Bonchev–Trinajstić information content (AvgIpc) is 2.82. The summed E-state index contributed by atoms with van der Waals surface area (Å²) in [6.07, 6.45) is -5.56. The van der Waals surface area contributed by atoms with Crippen molar-refractivity contribution in [2.75, 3.05) is 13.2 Å². The largest absolute Gasteiger partial charge is 0.490 e. The molecule has 6 atom stereocenters. The molecule has 1 fully saturated rings. The third-order valence-electron chi connectivity index (χ3n) is 3.83. The lowest BCUT2D eigenvalue weighted by atomic mass is 9.97. The number of nitrogens with zero attached hydrogens (tertiary/aromatic N) is 1. The van der Waals surface area contributed by atoms with Crippen molar-refractivity contribution in [3.05, 3.63) is 33.1 Å². The zero-order valence-electron chi connectivity index (χ0n) is 15.0. The Morgan fingerprint density at radius 1 is 1.19 bits per heavy atom. The lowest BCUT2D eigenvalue weighted by Crippen LogP contribution is -2.51. The van der Waals surface area contributed by atoms with Crippen molar-refractivity contribution in [1.82, 2.24) is 9.55 Å². The molecule has 0 saturated carbocycles. The summed E-state index contributed by atoms with van der Waals surface area (Å²) in [7, 11) is -17.1. The molecule has 0 radical (unpaired) electrons. The van der Waals surface area contributed by atoms with Crippen molar-refractivity contribution < 1.29 is 60.6 Å². The van der Waals surface area contributed by atoms with Crippen LogP contribution in [-0.4, -0.2) is 65.3 Å². The highest BCUT2D eigenvalue weighted by Gasteiger charge is 2.57. The van der Waals surface area contributed by atoms with E-state index in [1.807, 2.05) is 4.98 Å². The Morgan fingerprint density at radius 2 is 1.81 bits per heavy atom. The molecule has 178 valence electrons. The van der Waals surface area contributed by atoms with Crippen LogP contribution in [0.25, 0.3) is 0 Å². The van der Waals surface area contributed by atoms with Gasteiger partial charge in [0.1, 0.15) is 11.7 Å². The summed E-state index contributed by atoms with van der Waals surface area (Å²) < 4.78 is 65.6. The van der Waals surface area contributed by atoms with Gasteiger partial charge >= 0.3 is 29.2 Å². The van der Waals surface area contributed by atoms with Gasteiger partial charge in [0.05, 0.1) is 6.61 Å². The molecule has 0 aromatic carbocycles. The van der Waals surface area contributed by atoms with E-state index in [1.54, 1.807) is 0 Å². The van der Waals surface area contributed by atoms with Gasteiger partial charge in [0.25, 0.3) is 5.56 Å². The number of aromatic amines is 1. The first-order chi connectivity index (χ1) is 14.0. The number of halogens is 1. The highest BCUT2D eigenvalue weighted by atomic mass is 31.3. The van der Waals surface area contributed by atoms with Gasteiger partial charge in [-0.25, -0.2) is 22.9 Å². The van der Waals surface area contributed by atoms with Gasteiger partial charge in [-0.1, -0.05) is 0 Å². The zero-order valence-corrected chi connectivity index (χ0v) is 17.6. The second-order valence-electron chi connectivity index (χ2n) is 6.05. The Bertz CT molecular complexity index is 1070. The molecule has 21 heteroatoms. The number of phosphoric acid groups is 3. The molecule has 1 aliphatic heterocycles. The standard InChI is InChI=1S/C10H17FN3O14P3/c11-6-7(16)10(3-12,26-8(6)14-2-1-5(15)13-9(14)17)4-25-30(21,22)28-31(23,24)27-29(18,19)20/h1-2,6-8,16H,3-4,12H2,(H,21,22)(H,23,24)(H,13,15,17)(H2,18,19,20). The van der Waals surface area contributed by atoms with Crippen molar-refractivity contribution in [3.8, 4) is 0 Å². The third-order valence-corrected chi connectivity index (χ3v) is 7.61. The van der Waals surface area contributed by atoms with E-state index in [2.05, 4.69) is 13.1 Å². The number of hydrogen-bond donors (Lipinski definition) is 7. The number of aliphatic hydroxyl groups excluding tert-OH is 1. The number of H-pyrrole nitrogens is 1. The summed E-state index contributed by atoms with van der Waals surface area (Å²) in [6, 6.07) is 0.846. The van der Waals surface area contributed by atoms with Crippen LogP contribution in [0.15, 0.2) is 21.9 Å². The second-order valence-corrected chi connectivity index (χ2v) is 10.5. The van der Waals surface area contributed by atoms with E-state index in [4.69, 9.17) is 25.2 Å². The third kappa shape index (κ3) is 6.46. The van der Waals surface area contributed by atoms with E-state index in [0.29, 0.717) is 4.57 Å². The van der Waals surface area contributed by atoms with E-state index in [-0.39, 0.29) is 0 Å². The molecule has 6 unspecified atom stereocenters. The van der Waals surface area contributed by atoms with Crippen LogP contribution in [0.1, 0.15) is 6.23 Å². The summed E-state index contributed by atoms with van der Waals surface area (Å²) >= 11 is 0. The van der Waals surface area contributed by atoms with Gasteiger partial charge in [0, 0.05) is 18.8 Å². The van der Waals surface area contributed by atoms with Crippen molar-refractivity contribution in [2.24, 2.45) is 5.73 Å². The average molecular weight is 515 g/mol. The predicted molar refractivity (Wildman–Crippen MR) is 93.9 cm³/mol. The molecule has 1 aromatic rings. The maximum Gasteiger partial charge on any atom is 0.490 e. The molecule has 0 spiro atoms. The molecule has 0 bridgehead atoms. The van der Waals surface area contributed by atoms with Crippen molar-refractivity contribution >= 4 is 23.5 Å². The molecular weight excluding hydrogens is 498 g/mol. The van der Waals surface area contributed by atoms with Crippen LogP contribution < -0.4 is 17.0 Å². The Labute approximate surface area is 170 Å². The van der Waals surface area contributed by atoms with Crippen LogP contribution in [0.4, 0.5) is 4.39 Å². The number of aromatic nitrogens is 2. The van der Waals surface area contributed by atoms with Gasteiger partial charge in [-0.15, -0.1) is 0 Å². The van der Waals surface area contributed by atoms with E-state index >= 15 is 0 Å². The molecule has 0 aliphatic carbocycles. The van der Waals surface area contributed by atoms with Crippen LogP contribution in [0.2, 0.25) is 0 Å². The first-order valence-electron chi connectivity index (χ1n) is 7.81. The van der Waals surface area contributed by atoms with E-state index in [9.17, 15) is 37.7 Å². The monoisotopic (exact) mass is 515 g/mol. The molecule has 2 rings (SSSR count). The number of alkyl halides is 1. The maximum absolute atomic E-state index is 14.6. The summed E-state index contributed by atoms with van der Waals surface area (Å²) in [6.45, 7) is -2.04. The maximum atomic E-state index is 14.6. The molecule has 0 amide bonds. The zero-order chi connectivity index (χ0) is 23.8. The fourth-order valence-corrected chi connectivity index (χ4v) is 5.58. The van der Waals surface area contributed by atoms with Crippen molar-refractivity contribution in [2.45, 2.75) is 24.1 Å². The van der Waals surface area contributed by atoms with Crippen LogP contribution in [0, 0.1) is 0 Å². The molecule has 2 heterocycles. The van der Waals surface area contributed by atoms with E-state index in [0.717, 1.165) is 12.3 Å². The Balaban J connectivity index is 2.21. The highest BCUT2D eigenvalue weighted by molar-refractivity contribution is 7.66. The number of nitrogens with two attached hydrogens (primary N) is 1. The van der Waals surface area contributed by atoms with Gasteiger partial charge in [0.2, 0.25) is 0 Å². The lowest BCUT2D eigenvalue weighted by Gasteiger charge is -2.30. The minimum absolute atomic E-state index is 0.553. The summed E-state index contributed by atoms with van der Waals surface area (Å²) in [5.74, 6) is 0. The second kappa shape index (κ2) is 9.03. The van der Waals surface area contributed by atoms with E-state index in [1.165, 1.54) is 0 Å². The number of phosphoric ester groups is 1. The first-order valence-corrected chi connectivity index (χ1v) is 12.3. The smallest absolute Gasteiger partial charge is 0.387 e. The van der Waals surface area contributed by atoms with Crippen LogP contribution in [0.3, 0.4) is 0 Å². The van der Waals surface area contributed by atoms with Gasteiger partial charge < -0.3 is 35.2 Å². The number of nitrogens with one attached hydrogen (secondary N) is 1. The molecule has 17 nitrogen and oxygen atoms in total. The molecular formula is C10H17FN3O14P3. The fourth-order valence-electron chi connectivity index (χ4n) is 2.50. The first kappa shape index (κ1) is 26.2. The number of aliphatic hydroxyl groups is 1. The van der Waals surface area contributed by atoms with Crippen LogP contribution in [0.5, 0.6) is 0 Å². The Hall–Kier alpha value is -1.10. The summed E-state index contributed by atoms with van der Waals surface area (Å²) in [4.78, 5) is 60.4. The minimum Gasteiger partial charge on any atom is -0.387 e. The SMILES string of the molecule is NCC1(COP(=O)(O)OP(=O)(O)OP(=O)(O)O)OC(n2ccc(=O)[nH]c2=O)C(F)C1O. The minimum atomic E-state index is -5.82. The number of rotatable bonds is 9. The van der Waals surface area contributed by atoms with Crippen molar-refractivity contribution in [3.63, 3.8) is 0 Å². The lowest BCUT2D eigenvalue weighted by molar-refractivity contribution is -0.120. The quantitative estimate of drug-likeness (QED) is 0.172. The van der Waals surface area contributed by atoms with Gasteiger partial charge in [0.15, 0.2) is 12.4 Å². The molecule has 31 heavy (non-hydrogen) atoms. The number of ether oxygens (including phenoxy) is 1. The molecule has 1 saturated heterocycles. The van der Waals surface area contributed by atoms with Gasteiger partial charge in [-0.05, 0) is 0 Å². The molecule has 1 aliphatic rings. The van der Waals surface area contributed by atoms with Crippen LogP contribution >= 0.6 is 23.5 Å². The normalized spacial score (nSPS) is 30.6. The molecule has 1 aromatic heterocycles. The number of hydrogen-bond acceptors (Lipinski definition) is 11. The van der Waals surface area contributed by atoms with Gasteiger partial charge in [-0.2, -0.15) is 8.62 Å². The highest BCUT2D eigenvalue weighted by Crippen LogP contribution is 2.66. The predicted octanol–water partition coefficient (Wildman–Crippen LogP) is -2.19. The van der Waals surface area contributed by atoms with Crippen molar-refractivity contribution in [1.29, 1.82) is 0 Å². The Kier molecular flexibility index (Phi) is 7.62. The Morgan fingerprint density at radius 3 is 2.32 bits per heavy atom. The van der Waals surface area contributed by atoms with Gasteiger partial charge in [-0.3, -0.25) is 18.9 Å². The van der Waals surface area contributed by atoms with E-state index < -0.39 is 72.0 Å². The molecule has 8 N–H and O–H groups in total. The topological polar surface area (TPSA) is 270 Å². The van der Waals surface area contributed by atoms with Crippen LogP contribution in [-0.2, 0) is 31.6 Å². The fraction of sp³-hybridized carbons (Fsp3) is 0.600.